The molecule has 0 radical (unpaired) electrons. The van der Waals surface area contributed by atoms with Crippen LogP contribution in [0.3, 0.4) is 0 Å². The average Bonchev–Trinajstić information content (AvgIpc) is 2.73. The summed E-state index contributed by atoms with van der Waals surface area (Å²) in [5.74, 6) is 1.40. The Morgan fingerprint density at radius 3 is 2.35 bits per heavy atom. The molecule has 0 spiro atoms. The molecule has 0 aliphatic heterocycles. The van der Waals surface area contributed by atoms with E-state index in [0.29, 0.717) is 17.7 Å². The third kappa shape index (κ3) is 3.27. The Morgan fingerprint density at radius 2 is 1.82 bits per heavy atom. The van der Waals surface area contributed by atoms with E-state index in [0.717, 1.165) is 11.4 Å². The molecule has 2 aromatic rings. The van der Waals surface area contributed by atoms with Crippen molar-refractivity contribution in [3.05, 3.63) is 52.9 Å². The van der Waals surface area contributed by atoms with E-state index in [-0.39, 0.29) is 0 Å². The minimum atomic E-state index is 0.428. The van der Waals surface area contributed by atoms with Crippen LogP contribution in [0, 0.1) is 0 Å². The molecular weight excluding hydrogens is 234 g/mol. The summed E-state index contributed by atoms with van der Waals surface area (Å²) < 4.78 is 5.27. The van der Waals surface area contributed by atoms with Gasteiger partial charge in [0, 0.05) is 5.69 Å². The second kappa shape index (κ2) is 5.28. The zero-order valence-corrected chi connectivity index (χ0v) is 10.8. The molecule has 0 aliphatic carbocycles. The maximum absolute atomic E-state index is 5.70. The summed E-state index contributed by atoms with van der Waals surface area (Å²) in [7, 11) is 0. The average molecular weight is 250 g/mol. The van der Waals surface area contributed by atoms with Gasteiger partial charge in [0.2, 0.25) is 0 Å². The van der Waals surface area contributed by atoms with Crippen LogP contribution < -0.4 is 5.32 Å². The van der Waals surface area contributed by atoms with Gasteiger partial charge in [-0.25, -0.2) is 0 Å². The molecule has 0 saturated carbocycles. The Kier molecular flexibility index (Phi) is 3.75. The highest BCUT2D eigenvalue weighted by atomic mass is 35.5. The third-order valence-corrected chi connectivity index (χ3v) is 2.88. The third-order valence-electron chi connectivity index (χ3n) is 2.67. The van der Waals surface area contributed by atoms with Crippen molar-refractivity contribution >= 4 is 17.3 Å². The van der Waals surface area contributed by atoms with Crippen molar-refractivity contribution in [2.24, 2.45) is 0 Å². The molecule has 0 aliphatic rings. The Morgan fingerprint density at radius 1 is 1.12 bits per heavy atom. The molecule has 1 aromatic carbocycles. The van der Waals surface area contributed by atoms with Gasteiger partial charge in [0.15, 0.2) is 5.22 Å². The zero-order chi connectivity index (χ0) is 12.3. The van der Waals surface area contributed by atoms with Crippen LogP contribution in [0.1, 0.15) is 31.1 Å². The molecule has 2 rings (SSSR count). The van der Waals surface area contributed by atoms with Gasteiger partial charge in [-0.2, -0.15) is 0 Å². The van der Waals surface area contributed by atoms with Crippen molar-refractivity contribution < 1.29 is 4.42 Å². The minimum Gasteiger partial charge on any atom is -0.448 e. The molecule has 0 saturated heterocycles. The summed E-state index contributed by atoms with van der Waals surface area (Å²) in [4.78, 5) is 0. The number of hydrogen-bond acceptors (Lipinski definition) is 2. The van der Waals surface area contributed by atoms with Gasteiger partial charge in [-0.05, 0) is 47.3 Å². The van der Waals surface area contributed by atoms with Gasteiger partial charge in [-0.15, -0.1) is 0 Å². The fourth-order valence-electron chi connectivity index (χ4n) is 1.62. The summed E-state index contributed by atoms with van der Waals surface area (Å²) >= 11 is 5.70. The molecule has 0 atom stereocenters. The highest BCUT2D eigenvalue weighted by Crippen LogP contribution is 2.18. The molecule has 1 aromatic heterocycles. The van der Waals surface area contributed by atoms with Crippen LogP contribution in [0.15, 0.2) is 40.8 Å². The lowest BCUT2D eigenvalue weighted by atomic mass is 10.0. The van der Waals surface area contributed by atoms with Crippen LogP contribution in [0.5, 0.6) is 0 Å². The lowest BCUT2D eigenvalue weighted by Gasteiger charge is -2.08. The molecule has 3 heteroatoms. The van der Waals surface area contributed by atoms with Crippen molar-refractivity contribution in [1.29, 1.82) is 0 Å². The Balaban J connectivity index is 1.95. The number of rotatable bonds is 4. The van der Waals surface area contributed by atoms with Gasteiger partial charge in [-0.1, -0.05) is 26.0 Å². The van der Waals surface area contributed by atoms with E-state index < -0.39 is 0 Å². The first kappa shape index (κ1) is 12.1. The van der Waals surface area contributed by atoms with Gasteiger partial charge in [-0.3, -0.25) is 0 Å². The summed E-state index contributed by atoms with van der Waals surface area (Å²) in [5.41, 5.74) is 2.43. The maximum atomic E-state index is 5.70. The lowest BCUT2D eigenvalue weighted by molar-refractivity contribution is 0.520. The van der Waals surface area contributed by atoms with Gasteiger partial charge >= 0.3 is 0 Å². The van der Waals surface area contributed by atoms with Crippen molar-refractivity contribution in [2.45, 2.75) is 26.3 Å². The van der Waals surface area contributed by atoms with Crippen LogP contribution in [-0.4, -0.2) is 0 Å². The first-order valence-corrected chi connectivity index (χ1v) is 6.11. The van der Waals surface area contributed by atoms with Crippen molar-refractivity contribution in [3.8, 4) is 0 Å². The van der Waals surface area contributed by atoms with Crippen LogP contribution in [0.2, 0.25) is 5.22 Å². The smallest absolute Gasteiger partial charge is 0.193 e. The van der Waals surface area contributed by atoms with Crippen LogP contribution in [-0.2, 0) is 6.54 Å². The van der Waals surface area contributed by atoms with Crippen LogP contribution >= 0.6 is 11.6 Å². The van der Waals surface area contributed by atoms with Crippen LogP contribution in [0.4, 0.5) is 5.69 Å². The van der Waals surface area contributed by atoms with E-state index in [1.807, 2.05) is 6.07 Å². The van der Waals surface area contributed by atoms with E-state index >= 15 is 0 Å². The molecule has 1 heterocycles. The number of anilines is 1. The van der Waals surface area contributed by atoms with Crippen molar-refractivity contribution in [2.75, 3.05) is 5.32 Å². The fourth-order valence-corrected chi connectivity index (χ4v) is 1.78. The summed E-state index contributed by atoms with van der Waals surface area (Å²) in [6, 6.07) is 12.1. The standard InChI is InChI=1S/C14H16ClNO/c1-10(2)11-3-5-12(6-4-11)16-9-13-7-8-14(15)17-13/h3-8,10,16H,9H2,1-2H3. The molecule has 2 nitrogen and oxygen atoms in total. The maximum Gasteiger partial charge on any atom is 0.193 e. The summed E-state index contributed by atoms with van der Waals surface area (Å²) in [5, 5.41) is 3.72. The number of hydrogen-bond donors (Lipinski definition) is 1. The molecule has 0 fully saturated rings. The Labute approximate surface area is 107 Å². The zero-order valence-electron chi connectivity index (χ0n) is 10.0. The minimum absolute atomic E-state index is 0.428. The second-order valence-corrected chi connectivity index (χ2v) is 4.71. The Hall–Kier alpha value is -1.41. The van der Waals surface area contributed by atoms with Gasteiger partial charge in [0.1, 0.15) is 5.76 Å². The Bertz CT molecular complexity index is 473. The monoisotopic (exact) mass is 249 g/mol. The highest BCUT2D eigenvalue weighted by Gasteiger charge is 2.01. The summed E-state index contributed by atoms with van der Waals surface area (Å²) in [6.07, 6.45) is 0. The molecule has 0 unspecified atom stereocenters. The number of nitrogens with one attached hydrogen (secondary N) is 1. The van der Waals surface area contributed by atoms with Crippen molar-refractivity contribution in [3.63, 3.8) is 0 Å². The molecule has 0 amide bonds. The quantitative estimate of drug-likeness (QED) is 0.852. The van der Waals surface area contributed by atoms with Crippen molar-refractivity contribution in [1.82, 2.24) is 0 Å². The number of furan rings is 1. The topological polar surface area (TPSA) is 25.2 Å². The van der Waals surface area contributed by atoms with E-state index in [9.17, 15) is 0 Å². The predicted octanol–water partition coefficient (Wildman–Crippen LogP) is 4.67. The molecule has 90 valence electrons. The van der Waals surface area contributed by atoms with E-state index in [2.05, 4.69) is 43.4 Å². The second-order valence-electron chi connectivity index (χ2n) is 4.34. The van der Waals surface area contributed by atoms with E-state index in [1.54, 1.807) is 6.07 Å². The van der Waals surface area contributed by atoms with Gasteiger partial charge in [0.25, 0.3) is 0 Å². The van der Waals surface area contributed by atoms with E-state index in [1.165, 1.54) is 5.56 Å². The molecule has 0 bridgehead atoms. The highest BCUT2D eigenvalue weighted by molar-refractivity contribution is 6.28. The first-order valence-electron chi connectivity index (χ1n) is 5.73. The first-order chi connectivity index (χ1) is 8.15. The molecule has 17 heavy (non-hydrogen) atoms. The molecular formula is C14H16ClNO. The number of benzene rings is 1. The van der Waals surface area contributed by atoms with E-state index in [4.69, 9.17) is 16.0 Å². The summed E-state index contributed by atoms with van der Waals surface area (Å²) in [6.45, 7) is 5.02. The van der Waals surface area contributed by atoms with Gasteiger partial charge in [0.05, 0.1) is 6.54 Å². The molecule has 1 N–H and O–H groups in total. The lowest BCUT2D eigenvalue weighted by Crippen LogP contribution is -1.98. The van der Waals surface area contributed by atoms with Crippen LogP contribution in [0.25, 0.3) is 0 Å². The largest absolute Gasteiger partial charge is 0.448 e. The normalized spacial score (nSPS) is 10.8. The fraction of sp³-hybridized carbons (Fsp3) is 0.286. The predicted molar refractivity (Wildman–Crippen MR) is 71.6 cm³/mol. The van der Waals surface area contributed by atoms with Gasteiger partial charge < -0.3 is 9.73 Å². The number of halogens is 1. The SMILES string of the molecule is CC(C)c1ccc(NCc2ccc(Cl)o2)cc1.